The number of hydrogen-bond donors (Lipinski definition) is 3. The number of nitrogens with zero attached hydrogens (tertiary/aromatic N) is 1. The second kappa shape index (κ2) is 5.26. The van der Waals surface area contributed by atoms with Crippen molar-refractivity contribution in [2.75, 3.05) is 19.6 Å². The fourth-order valence-corrected chi connectivity index (χ4v) is 2.13. The number of rotatable bonds is 3. The second-order valence-electron chi connectivity index (χ2n) is 3.83. The molecule has 0 unspecified atom stereocenters. The van der Waals surface area contributed by atoms with E-state index in [9.17, 15) is 9.59 Å². The van der Waals surface area contributed by atoms with E-state index in [0.29, 0.717) is 18.0 Å². The van der Waals surface area contributed by atoms with Gasteiger partial charge < -0.3 is 5.11 Å². The van der Waals surface area contributed by atoms with Crippen LogP contribution in [0.3, 0.4) is 0 Å². The van der Waals surface area contributed by atoms with Gasteiger partial charge in [-0.15, -0.1) is 11.3 Å². The number of hydrazine groups is 1. The highest BCUT2D eigenvalue weighted by atomic mass is 32.1. The van der Waals surface area contributed by atoms with Crippen molar-refractivity contribution in [1.29, 1.82) is 0 Å². The maximum absolute atomic E-state index is 11.5. The summed E-state index contributed by atoms with van der Waals surface area (Å²) < 4.78 is 0. The summed E-state index contributed by atoms with van der Waals surface area (Å²) in [5, 5.41) is 10.8. The van der Waals surface area contributed by atoms with E-state index in [4.69, 9.17) is 5.11 Å². The molecule has 0 saturated carbocycles. The summed E-state index contributed by atoms with van der Waals surface area (Å²) in [5.41, 5.74) is 4.66. The molecule has 0 aliphatic carbocycles. The van der Waals surface area contributed by atoms with Gasteiger partial charge in [-0.25, -0.2) is 0 Å². The zero-order valence-electron chi connectivity index (χ0n) is 9.05. The fourth-order valence-electron chi connectivity index (χ4n) is 1.51. The number of carbonyl (C=O) groups excluding carboxylic acids is 2. The Morgan fingerprint density at radius 3 is 2.82 bits per heavy atom. The molecule has 1 saturated heterocycles. The van der Waals surface area contributed by atoms with E-state index < -0.39 is 0 Å². The van der Waals surface area contributed by atoms with Gasteiger partial charge in [0.1, 0.15) is 0 Å². The Hall–Kier alpha value is -1.44. The van der Waals surface area contributed by atoms with E-state index in [1.165, 1.54) is 11.3 Å². The van der Waals surface area contributed by atoms with Crippen molar-refractivity contribution in [3.63, 3.8) is 0 Å². The lowest BCUT2D eigenvalue weighted by Crippen LogP contribution is -2.55. The predicted molar refractivity (Wildman–Crippen MR) is 62.4 cm³/mol. The van der Waals surface area contributed by atoms with Crippen LogP contribution >= 0.6 is 11.3 Å². The lowest BCUT2D eigenvalue weighted by atomic mass is 10.2. The van der Waals surface area contributed by atoms with Gasteiger partial charge in [-0.1, -0.05) is 6.07 Å². The van der Waals surface area contributed by atoms with Gasteiger partial charge >= 0.3 is 0 Å². The van der Waals surface area contributed by atoms with Crippen LogP contribution in [0.15, 0.2) is 17.5 Å². The molecule has 92 valence electrons. The van der Waals surface area contributed by atoms with Gasteiger partial charge in [-0.05, 0) is 11.4 Å². The largest absolute Gasteiger partial charge is 0.390 e. The second-order valence-corrected chi connectivity index (χ2v) is 4.78. The van der Waals surface area contributed by atoms with E-state index in [1.807, 2.05) is 0 Å². The highest BCUT2D eigenvalue weighted by Gasteiger charge is 2.25. The van der Waals surface area contributed by atoms with Crippen molar-refractivity contribution < 1.29 is 14.7 Å². The minimum Gasteiger partial charge on any atom is -0.390 e. The van der Waals surface area contributed by atoms with E-state index in [-0.39, 0.29) is 24.5 Å². The van der Waals surface area contributed by atoms with Crippen LogP contribution in [0.5, 0.6) is 0 Å². The predicted octanol–water partition coefficient (Wildman–Crippen LogP) is -0.814. The number of hydrogen-bond acceptors (Lipinski definition) is 5. The molecule has 6 nitrogen and oxygen atoms in total. The minimum atomic E-state index is -0.330. The van der Waals surface area contributed by atoms with Gasteiger partial charge in [0.25, 0.3) is 11.8 Å². The summed E-state index contributed by atoms with van der Waals surface area (Å²) in [6.07, 6.45) is -0.330. The summed E-state index contributed by atoms with van der Waals surface area (Å²) in [6.45, 7) is 1.19. The first kappa shape index (κ1) is 12.0. The third kappa shape index (κ3) is 3.26. The lowest BCUT2D eigenvalue weighted by molar-refractivity contribution is -0.125. The summed E-state index contributed by atoms with van der Waals surface area (Å²) in [7, 11) is 0. The zero-order valence-corrected chi connectivity index (χ0v) is 9.87. The van der Waals surface area contributed by atoms with E-state index in [0.717, 1.165) is 0 Å². The fraction of sp³-hybridized carbons (Fsp3) is 0.400. The van der Waals surface area contributed by atoms with Gasteiger partial charge in [0, 0.05) is 13.1 Å². The summed E-state index contributed by atoms with van der Waals surface area (Å²) in [5.74, 6) is -0.612. The molecule has 17 heavy (non-hydrogen) atoms. The Bertz CT molecular complexity index is 401. The molecule has 1 aliphatic heterocycles. The lowest BCUT2D eigenvalue weighted by Gasteiger charge is -2.34. The molecule has 0 spiro atoms. The number of thiophene rings is 1. The van der Waals surface area contributed by atoms with E-state index >= 15 is 0 Å². The van der Waals surface area contributed by atoms with Crippen LogP contribution in [0, 0.1) is 0 Å². The monoisotopic (exact) mass is 255 g/mol. The number of carbonyl (C=O) groups is 2. The molecule has 1 aromatic heterocycles. The van der Waals surface area contributed by atoms with Gasteiger partial charge in [0.2, 0.25) is 0 Å². The third-order valence-electron chi connectivity index (χ3n) is 2.37. The van der Waals surface area contributed by atoms with Crippen LogP contribution in [0.2, 0.25) is 0 Å². The van der Waals surface area contributed by atoms with Crippen molar-refractivity contribution in [1.82, 2.24) is 15.8 Å². The topological polar surface area (TPSA) is 81.7 Å². The quantitative estimate of drug-likeness (QED) is 0.617. The average molecular weight is 255 g/mol. The van der Waals surface area contributed by atoms with Crippen LogP contribution in [-0.4, -0.2) is 47.6 Å². The molecule has 7 heteroatoms. The molecule has 2 amide bonds. The third-order valence-corrected chi connectivity index (χ3v) is 3.23. The zero-order chi connectivity index (χ0) is 12.3. The van der Waals surface area contributed by atoms with Gasteiger partial charge in [0.15, 0.2) is 0 Å². The highest BCUT2D eigenvalue weighted by Crippen LogP contribution is 2.07. The summed E-state index contributed by atoms with van der Waals surface area (Å²) in [6, 6.07) is 3.45. The van der Waals surface area contributed by atoms with Crippen molar-refractivity contribution in [2.45, 2.75) is 6.10 Å². The number of nitrogens with one attached hydrogen (secondary N) is 2. The number of β-amino-alcohol motifs (C(OH)–C–C–N with tert-alkyl or cyclic N) is 1. The maximum Gasteiger partial charge on any atom is 0.279 e. The number of likely N-dealkylation sites (tertiary alicyclic amines) is 1. The smallest absolute Gasteiger partial charge is 0.279 e. The molecule has 0 aromatic carbocycles. The highest BCUT2D eigenvalue weighted by molar-refractivity contribution is 7.12. The SMILES string of the molecule is O=C(CN1CC(O)C1)NNC(=O)c1cccs1. The molecular formula is C10H13N3O3S. The molecule has 1 aliphatic rings. The summed E-state index contributed by atoms with van der Waals surface area (Å²) >= 11 is 1.31. The Morgan fingerprint density at radius 1 is 1.47 bits per heavy atom. The van der Waals surface area contributed by atoms with Gasteiger partial charge in [0.05, 0.1) is 17.5 Å². The summed E-state index contributed by atoms with van der Waals surface area (Å²) in [4.78, 5) is 25.2. The van der Waals surface area contributed by atoms with Crippen LogP contribution in [-0.2, 0) is 4.79 Å². The van der Waals surface area contributed by atoms with Crippen LogP contribution in [0.1, 0.15) is 9.67 Å². The molecular weight excluding hydrogens is 242 g/mol. The molecule has 1 aromatic rings. The average Bonchev–Trinajstić information content (AvgIpc) is 2.77. The molecule has 2 rings (SSSR count). The van der Waals surface area contributed by atoms with E-state index in [2.05, 4.69) is 10.9 Å². The van der Waals surface area contributed by atoms with Crippen molar-refractivity contribution >= 4 is 23.2 Å². The Morgan fingerprint density at radius 2 is 2.24 bits per heavy atom. The molecule has 0 bridgehead atoms. The van der Waals surface area contributed by atoms with Crippen molar-refractivity contribution in [3.05, 3.63) is 22.4 Å². The standard InChI is InChI=1S/C10H13N3O3S/c14-7-4-13(5-7)6-9(15)11-12-10(16)8-2-1-3-17-8/h1-3,7,14H,4-6H2,(H,11,15)(H,12,16). The van der Waals surface area contributed by atoms with Crippen LogP contribution < -0.4 is 10.9 Å². The number of aliphatic hydroxyl groups excluding tert-OH is 1. The Balaban J connectivity index is 1.68. The minimum absolute atomic E-state index is 0.182. The van der Waals surface area contributed by atoms with Crippen molar-refractivity contribution in [2.24, 2.45) is 0 Å². The van der Waals surface area contributed by atoms with E-state index in [1.54, 1.807) is 22.4 Å². The van der Waals surface area contributed by atoms with Gasteiger partial charge in [-0.3, -0.25) is 25.3 Å². The van der Waals surface area contributed by atoms with Crippen LogP contribution in [0.4, 0.5) is 0 Å². The molecule has 2 heterocycles. The first-order valence-electron chi connectivity index (χ1n) is 5.18. The maximum atomic E-state index is 11.5. The van der Waals surface area contributed by atoms with Crippen molar-refractivity contribution in [3.8, 4) is 0 Å². The molecule has 0 radical (unpaired) electrons. The van der Waals surface area contributed by atoms with Gasteiger partial charge in [-0.2, -0.15) is 0 Å². The molecule has 3 N–H and O–H groups in total. The first-order valence-corrected chi connectivity index (χ1v) is 6.06. The first-order chi connectivity index (χ1) is 8.15. The normalized spacial score (nSPS) is 16.3. The Labute approximate surface area is 102 Å². The molecule has 1 fully saturated rings. The van der Waals surface area contributed by atoms with Crippen LogP contribution in [0.25, 0.3) is 0 Å². The number of amides is 2. The Kier molecular flexibility index (Phi) is 3.72. The number of aliphatic hydroxyl groups is 1. The molecule has 0 atom stereocenters.